The molecule has 0 radical (unpaired) electrons. The minimum atomic E-state index is -0.333. The fourth-order valence-electron chi connectivity index (χ4n) is 1.56. The molecular weight excluding hydrogens is 662 g/mol. The molecule has 6 nitrogen and oxygen atoms in total. The van der Waals surface area contributed by atoms with E-state index in [1.165, 1.54) is 6.92 Å². The van der Waals surface area contributed by atoms with Gasteiger partial charge in [0.15, 0.2) is 0 Å². The van der Waals surface area contributed by atoms with Gasteiger partial charge in [-0.15, -0.1) is 11.6 Å². The van der Waals surface area contributed by atoms with Gasteiger partial charge in [0.25, 0.3) is 5.91 Å². The summed E-state index contributed by atoms with van der Waals surface area (Å²) in [5, 5.41) is 2.74. The monoisotopic (exact) mass is 675 g/mol. The summed E-state index contributed by atoms with van der Waals surface area (Å²) in [4.78, 5) is 34.7. The number of hydrazine groups is 1. The molecule has 0 spiro atoms. The van der Waals surface area contributed by atoms with Gasteiger partial charge in [-0.1, -0.05) is 0 Å². The number of hydrogen-bond donors (Lipinski definition) is 3. The van der Waals surface area contributed by atoms with Crippen LogP contribution in [0, 0.1) is 10.7 Å². The van der Waals surface area contributed by atoms with Crippen molar-refractivity contribution in [2.24, 2.45) is 0 Å². The summed E-state index contributed by atoms with van der Waals surface area (Å²) >= 11 is 11.6. The zero-order valence-corrected chi connectivity index (χ0v) is 19.2. The maximum absolute atomic E-state index is 12.3. The highest BCUT2D eigenvalue weighted by Crippen LogP contribution is 2.31. The number of ketones is 1. The first kappa shape index (κ1) is 21.3. The number of carbonyl (C=O) groups is 3. The predicted octanol–water partition coefficient (Wildman–Crippen LogP) is 2.89. The summed E-state index contributed by atoms with van der Waals surface area (Å²) < 4.78 is 2.27. The number of halogens is 4. The Bertz CT molecular complexity index is 641. The Morgan fingerprint density at radius 3 is 2.39 bits per heavy atom. The minimum absolute atomic E-state index is 0.0391. The number of alkyl halides is 1. The maximum Gasteiger partial charge on any atom is 0.267 e. The van der Waals surface area contributed by atoms with E-state index in [9.17, 15) is 14.4 Å². The topological polar surface area (TPSA) is 87.3 Å². The smallest absolute Gasteiger partial charge is 0.267 e. The van der Waals surface area contributed by atoms with Crippen molar-refractivity contribution < 1.29 is 14.4 Å². The van der Waals surface area contributed by atoms with Crippen LogP contribution in [0.5, 0.6) is 0 Å². The molecule has 3 N–H and O–H groups in total. The molecule has 0 aromatic heterocycles. The van der Waals surface area contributed by atoms with E-state index in [2.05, 4.69) is 61.4 Å². The Labute approximate surface area is 179 Å². The summed E-state index contributed by atoms with van der Waals surface area (Å²) in [6.45, 7) is 1.71. The van der Waals surface area contributed by atoms with Gasteiger partial charge in [0, 0.05) is 27.0 Å². The molecule has 0 atom stereocenters. The highest BCUT2D eigenvalue weighted by atomic mass is 127. The van der Waals surface area contributed by atoms with E-state index in [-0.39, 0.29) is 29.9 Å². The first-order chi connectivity index (χ1) is 10.8. The zero-order chi connectivity index (χ0) is 17.6. The maximum atomic E-state index is 12.3. The van der Waals surface area contributed by atoms with E-state index in [4.69, 9.17) is 11.6 Å². The van der Waals surface area contributed by atoms with Gasteiger partial charge in [-0.3, -0.25) is 19.8 Å². The Balaban J connectivity index is 2.87. The third-order valence-electron chi connectivity index (χ3n) is 2.58. The fourth-order valence-corrected chi connectivity index (χ4v) is 5.83. The van der Waals surface area contributed by atoms with Crippen molar-refractivity contribution in [2.75, 3.05) is 17.7 Å². The summed E-state index contributed by atoms with van der Waals surface area (Å²) in [5.74, 6) is -0.672. The van der Waals surface area contributed by atoms with Gasteiger partial charge in [0.2, 0.25) is 5.91 Å². The average Bonchev–Trinajstić information content (AvgIpc) is 2.47. The van der Waals surface area contributed by atoms with Crippen LogP contribution in [0.2, 0.25) is 0 Å². The van der Waals surface area contributed by atoms with Crippen LogP contribution < -0.4 is 16.2 Å². The third kappa shape index (κ3) is 6.59. The van der Waals surface area contributed by atoms with Crippen LogP contribution in [-0.2, 0) is 9.59 Å². The van der Waals surface area contributed by atoms with Crippen LogP contribution in [0.25, 0.3) is 0 Å². The molecule has 0 bridgehead atoms. The van der Waals surface area contributed by atoms with Crippen molar-refractivity contribution in [3.63, 3.8) is 0 Å². The number of amides is 2. The van der Waals surface area contributed by atoms with E-state index in [0.29, 0.717) is 21.4 Å². The van der Waals surface area contributed by atoms with Crippen LogP contribution in [0.1, 0.15) is 23.7 Å². The molecule has 0 saturated heterocycles. The van der Waals surface area contributed by atoms with Crippen LogP contribution in [-0.4, -0.2) is 30.0 Å². The second-order valence-electron chi connectivity index (χ2n) is 4.39. The molecule has 0 unspecified atom stereocenters. The van der Waals surface area contributed by atoms with Crippen LogP contribution in [0.3, 0.4) is 0 Å². The summed E-state index contributed by atoms with van der Waals surface area (Å²) in [5.41, 5.74) is 6.33. The lowest BCUT2D eigenvalue weighted by Crippen LogP contribution is -2.39. The molecule has 1 aromatic rings. The summed E-state index contributed by atoms with van der Waals surface area (Å²) in [6, 6.07) is 1.82. The average molecular weight is 675 g/mol. The number of benzene rings is 1. The lowest BCUT2D eigenvalue weighted by Gasteiger charge is -2.15. The van der Waals surface area contributed by atoms with Gasteiger partial charge >= 0.3 is 0 Å². The SMILES string of the molecule is CC(=O)Nc1c(I)cc(I)c(C(=O)NNCCC(=O)CCl)c1I. The predicted molar refractivity (Wildman–Crippen MR) is 115 cm³/mol. The molecule has 1 rings (SSSR count). The van der Waals surface area contributed by atoms with E-state index in [1.54, 1.807) is 0 Å². The number of carbonyl (C=O) groups excluding carboxylic acids is 3. The second kappa shape index (κ2) is 10.3. The van der Waals surface area contributed by atoms with Crippen molar-refractivity contribution in [3.8, 4) is 0 Å². The Morgan fingerprint density at radius 2 is 1.83 bits per heavy atom. The Morgan fingerprint density at radius 1 is 1.17 bits per heavy atom. The molecule has 0 aliphatic rings. The van der Waals surface area contributed by atoms with Gasteiger partial charge in [-0.25, -0.2) is 5.43 Å². The van der Waals surface area contributed by atoms with Crippen LogP contribution in [0.15, 0.2) is 6.07 Å². The number of hydrogen-bond acceptors (Lipinski definition) is 4. The summed E-state index contributed by atoms with van der Waals surface area (Å²) in [7, 11) is 0. The number of nitrogens with one attached hydrogen (secondary N) is 3. The van der Waals surface area contributed by atoms with Gasteiger partial charge in [-0.2, -0.15) is 0 Å². The Hall–Kier alpha value is 0.270. The van der Waals surface area contributed by atoms with Crippen molar-refractivity contribution in [3.05, 3.63) is 22.3 Å². The van der Waals surface area contributed by atoms with Gasteiger partial charge in [0.05, 0.1) is 20.7 Å². The molecule has 126 valence electrons. The van der Waals surface area contributed by atoms with Crippen LogP contribution in [0.4, 0.5) is 5.69 Å². The normalized spacial score (nSPS) is 10.3. The van der Waals surface area contributed by atoms with Crippen molar-refractivity contribution in [2.45, 2.75) is 13.3 Å². The van der Waals surface area contributed by atoms with Crippen molar-refractivity contribution >= 4 is 103 Å². The minimum Gasteiger partial charge on any atom is -0.324 e. The molecular formula is C13H13ClI3N3O3. The number of rotatable bonds is 7. The van der Waals surface area contributed by atoms with E-state index >= 15 is 0 Å². The molecule has 10 heteroatoms. The molecule has 23 heavy (non-hydrogen) atoms. The lowest BCUT2D eigenvalue weighted by molar-refractivity contribution is -0.116. The van der Waals surface area contributed by atoms with Gasteiger partial charge in [-0.05, 0) is 73.8 Å². The van der Waals surface area contributed by atoms with Gasteiger partial charge in [0.1, 0.15) is 5.78 Å². The zero-order valence-electron chi connectivity index (χ0n) is 11.9. The Kier molecular flexibility index (Phi) is 9.55. The summed E-state index contributed by atoms with van der Waals surface area (Å²) in [6.07, 6.45) is 0.238. The first-order valence-corrected chi connectivity index (χ1v) is 10.1. The lowest BCUT2D eigenvalue weighted by atomic mass is 10.2. The van der Waals surface area contributed by atoms with Crippen LogP contribution >= 0.6 is 79.4 Å². The quantitative estimate of drug-likeness (QED) is 0.180. The molecule has 0 fully saturated rings. The third-order valence-corrected chi connectivity index (χ3v) is 5.66. The number of anilines is 1. The number of Topliss-reactive ketones (excluding diaryl/α,β-unsaturated/α-hetero) is 1. The molecule has 0 saturated carbocycles. The van der Waals surface area contributed by atoms with E-state index in [1.807, 2.05) is 28.7 Å². The molecule has 0 aliphatic carbocycles. The van der Waals surface area contributed by atoms with E-state index < -0.39 is 0 Å². The standard InChI is InChI=1S/C13H13ClI3N3O3/c1-6(21)19-12-9(16)4-8(15)10(11(12)17)13(23)20-18-3-2-7(22)5-14/h4,18H,2-3,5H2,1H3,(H,19,21)(H,20,23). The molecule has 2 amide bonds. The van der Waals surface area contributed by atoms with Crippen molar-refractivity contribution in [1.82, 2.24) is 10.9 Å². The molecule has 0 heterocycles. The van der Waals surface area contributed by atoms with Crippen molar-refractivity contribution in [1.29, 1.82) is 0 Å². The largest absolute Gasteiger partial charge is 0.324 e. The molecule has 0 aliphatic heterocycles. The molecule has 1 aromatic carbocycles. The first-order valence-electron chi connectivity index (χ1n) is 6.33. The van der Waals surface area contributed by atoms with Gasteiger partial charge < -0.3 is 5.32 Å². The fraction of sp³-hybridized carbons (Fsp3) is 0.308. The second-order valence-corrected chi connectivity index (χ2v) is 8.06. The highest BCUT2D eigenvalue weighted by Gasteiger charge is 2.20. The highest BCUT2D eigenvalue weighted by molar-refractivity contribution is 14.1. The van der Waals surface area contributed by atoms with E-state index in [0.717, 1.165) is 7.14 Å².